The zero-order chi connectivity index (χ0) is 22.3. The standard InChI is InChI=1S/C23H27Cl2NO4/c1-3-4-5-12-23(2,30)13-10-20-18(24)15-19(25)21(27)26(20)14-11-16-6-8-17(9-7-16)22(28)29/h6-10,13,15,30H,3-5,11-12,14H2,1-2H3,(H,28,29)/b13-10+. The second kappa shape index (κ2) is 10.8. The fourth-order valence-electron chi connectivity index (χ4n) is 3.14. The zero-order valence-corrected chi connectivity index (χ0v) is 18.7. The van der Waals surface area contributed by atoms with E-state index in [1.54, 1.807) is 31.2 Å². The number of aromatic carboxylic acids is 1. The molecule has 1 aromatic carbocycles. The van der Waals surface area contributed by atoms with Crippen LogP contribution in [0, 0.1) is 0 Å². The number of aromatic nitrogens is 1. The van der Waals surface area contributed by atoms with Crippen LogP contribution in [0.1, 0.15) is 61.1 Å². The molecule has 7 heteroatoms. The summed E-state index contributed by atoms with van der Waals surface area (Å²) in [5.74, 6) is -0.988. The van der Waals surface area contributed by atoms with Crippen molar-refractivity contribution in [2.24, 2.45) is 0 Å². The summed E-state index contributed by atoms with van der Waals surface area (Å²) in [6.07, 6.45) is 7.44. The van der Waals surface area contributed by atoms with Crippen molar-refractivity contribution in [2.75, 3.05) is 0 Å². The highest BCUT2D eigenvalue weighted by molar-refractivity contribution is 6.35. The number of carbonyl (C=O) groups is 1. The van der Waals surface area contributed by atoms with E-state index in [2.05, 4.69) is 6.92 Å². The molecule has 5 nitrogen and oxygen atoms in total. The summed E-state index contributed by atoms with van der Waals surface area (Å²) in [6, 6.07) is 7.90. The molecule has 0 amide bonds. The van der Waals surface area contributed by atoms with Crippen LogP contribution in [0.4, 0.5) is 0 Å². The Labute approximate surface area is 186 Å². The van der Waals surface area contributed by atoms with Gasteiger partial charge >= 0.3 is 5.97 Å². The zero-order valence-electron chi connectivity index (χ0n) is 17.2. The second-order valence-electron chi connectivity index (χ2n) is 7.58. The molecule has 1 heterocycles. The van der Waals surface area contributed by atoms with Crippen molar-refractivity contribution in [1.82, 2.24) is 4.57 Å². The van der Waals surface area contributed by atoms with Crippen molar-refractivity contribution in [2.45, 2.75) is 58.1 Å². The summed E-state index contributed by atoms with van der Waals surface area (Å²) < 4.78 is 1.48. The number of benzene rings is 1. The van der Waals surface area contributed by atoms with Gasteiger partial charge in [0.15, 0.2) is 0 Å². The lowest BCUT2D eigenvalue weighted by molar-refractivity contribution is 0.0696. The number of rotatable bonds is 10. The topological polar surface area (TPSA) is 79.5 Å². The largest absolute Gasteiger partial charge is 0.478 e. The molecule has 0 aliphatic rings. The molecule has 1 unspecified atom stereocenters. The maximum Gasteiger partial charge on any atom is 0.335 e. The van der Waals surface area contributed by atoms with Crippen LogP contribution < -0.4 is 5.56 Å². The minimum atomic E-state index is -1.01. The van der Waals surface area contributed by atoms with Crippen molar-refractivity contribution in [1.29, 1.82) is 0 Å². The third-order valence-electron chi connectivity index (χ3n) is 4.95. The Morgan fingerprint density at radius 1 is 1.17 bits per heavy atom. The van der Waals surface area contributed by atoms with Crippen LogP contribution in [0.3, 0.4) is 0 Å². The molecule has 0 aliphatic heterocycles. The molecule has 2 N–H and O–H groups in total. The maximum atomic E-state index is 12.6. The van der Waals surface area contributed by atoms with E-state index in [4.69, 9.17) is 28.3 Å². The Morgan fingerprint density at radius 3 is 2.43 bits per heavy atom. The number of halogens is 2. The highest BCUT2D eigenvalue weighted by Gasteiger charge is 2.17. The van der Waals surface area contributed by atoms with E-state index in [1.807, 2.05) is 0 Å². The lowest BCUT2D eigenvalue weighted by Crippen LogP contribution is -2.25. The molecule has 30 heavy (non-hydrogen) atoms. The van der Waals surface area contributed by atoms with Gasteiger partial charge in [0.2, 0.25) is 0 Å². The van der Waals surface area contributed by atoms with E-state index in [0.717, 1.165) is 24.8 Å². The smallest absolute Gasteiger partial charge is 0.335 e. The van der Waals surface area contributed by atoms with Gasteiger partial charge in [0.05, 0.1) is 21.9 Å². The second-order valence-corrected chi connectivity index (χ2v) is 8.40. The summed E-state index contributed by atoms with van der Waals surface area (Å²) in [5, 5.41) is 19.9. The van der Waals surface area contributed by atoms with Gasteiger partial charge in [-0.15, -0.1) is 0 Å². The number of aryl methyl sites for hydroxylation is 1. The van der Waals surface area contributed by atoms with Crippen molar-refractivity contribution in [3.63, 3.8) is 0 Å². The van der Waals surface area contributed by atoms with E-state index >= 15 is 0 Å². The normalized spacial score (nSPS) is 13.5. The summed E-state index contributed by atoms with van der Waals surface area (Å²) in [6.45, 7) is 4.14. The third kappa shape index (κ3) is 6.73. The van der Waals surface area contributed by atoms with Crippen LogP contribution in [0.2, 0.25) is 10.0 Å². The molecule has 162 valence electrons. The Kier molecular flexibility index (Phi) is 8.71. The molecule has 1 atom stereocenters. The van der Waals surface area contributed by atoms with Gasteiger partial charge in [-0.1, -0.05) is 67.6 Å². The molecule has 0 saturated carbocycles. The lowest BCUT2D eigenvalue weighted by Gasteiger charge is -2.19. The van der Waals surface area contributed by atoms with Crippen LogP contribution >= 0.6 is 23.2 Å². The Bertz CT molecular complexity index is 962. The van der Waals surface area contributed by atoms with Crippen LogP contribution in [-0.4, -0.2) is 26.4 Å². The molecule has 0 fully saturated rings. The first-order valence-corrected chi connectivity index (χ1v) is 10.7. The summed E-state index contributed by atoms with van der Waals surface area (Å²) in [5.41, 5.74) is 0.184. The van der Waals surface area contributed by atoms with Gasteiger partial charge in [-0.05, 0) is 49.6 Å². The molecule has 0 aliphatic carbocycles. The summed E-state index contributed by atoms with van der Waals surface area (Å²) >= 11 is 12.4. The van der Waals surface area contributed by atoms with Gasteiger partial charge in [-0.2, -0.15) is 0 Å². The Hall–Kier alpha value is -2.08. The molecule has 0 spiro atoms. The molecule has 0 bridgehead atoms. The van der Waals surface area contributed by atoms with E-state index < -0.39 is 11.6 Å². The average molecular weight is 452 g/mol. The minimum absolute atomic E-state index is 0.0214. The van der Waals surface area contributed by atoms with E-state index in [0.29, 0.717) is 30.1 Å². The van der Waals surface area contributed by atoms with Crippen molar-refractivity contribution in [3.05, 3.63) is 73.6 Å². The first-order valence-electron chi connectivity index (χ1n) is 9.97. The molecule has 2 aromatic rings. The van der Waals surface area contributed by atoms with Crippen LogP contribution in [0.25, 0.3) is 6.08 Å². The van der Waals surface area contributed by atoms with Gasteiger partial charge in [-0.25, -0.2) is 4.79 Å². The van der Waals surface area contributed by atoms with E-state index in [-0.39, 0.29) is 16.1 Å². The molecule has 0 saturated heterocycles. The van der Waals surface area contributed by atoms with Crippen LogP contribution in [0.5, 0.6) is 0 Å². The van der Waals surface area contributed by atoms with Crippen LogP contribution in [0.15, 0.2) is 41.2 Å². The summed E-state index contributed by atoms with van der Waals surface area (Å²) in [4.78, 5) is 23.6. The molecular weight excluding hydrogens is 425 g/mol. The minimum Gasteiger partial charge on any atom is -0.478 e. The van der Waals surface area contributed by atoms with E-state index in [1.165, 1.54) is 22.8 Å². The molecule has 0 radical (unpaired) electrons. The van der Waals surface area contributed by atoms with Gasteiger partial charge < -0.3 is 14.8 Å². The number of hydrogen-bond donors (Lipinski definition) is 2. The van der Waals surface area contributed by atoms with Gasteiger partial charge in [-0.3, -0.25) is 4.79 Å². The number of aliphatic hydroxyl groups is 1. The highest BCUT2D eigenvalue weighted by atomic mass is 35.5. The fourth-order valence-corrected chi connectivity index (χ4v) is 3.68. The molecule has 2 rings (SSSR count). The lowest BCUT2D eigenvalue weighted by atomic mass is 9.97. The number of nitrogens with zero attached hydrogens (tertiary/aromatic N) is 1. The van der Waals surface area contributed by atoms with Crippen molar-refractivity contribution in [3.8, 4) is 0 Å². The summed E-state index contributed by atoms with van der Waals surface area (Å²) in [7, 11) is 0. The number of unbranched alkanes of at least 4 members (excludes halogenated alkanes) is 2. The van der Waals surface area contributed by atoms with Crippen molar-refractivity contribution >= 4 is 35.2 Å². The predicted octanol–water partition coefficient (Wildman–Crippen LogP) is 5.44. The quantitative estimate of drug-likeness (QED) is 0.471. The highest BCUT2D eigenvalue weighted by Crippen LogP contribution is 2.23. The first-order chi connectivity index (χ1) is 14.1. The Morgan fingerprint density at radius 2 is 1.83 bits per heavy atom. The third-order valence-corrected chi connectivity index (χ3v) is 5.52. The number of carboxylic acid groups (broad SMARTS) is 1. The maximum absolute atomic E-state index is 12.6. The molecular formula is C23H27Cl2NO4. The van der Waals surface area contributed by atoms with Crippen LogP contribution in [-0.2, 0) is 13.0 Å². The van der Waals surface area contributed by atoms with Gasteiger partial charge in [0.25, 0.3) is 5.56 Å². The predicted molar refractivity (Wildman–Crippen MR) is 122 cm³/mol. The van der Waals surface area contributed by atoms with Gasteiger partial charge in [0.1, 0.15) is 5.02 Å². The number of carboxylic acids is 1. The number of pyridine rings is 1. The average Bonchev–Trinajstić information content (AvgIpc) is 2.69. The van der Waals surface area contributed by atoms with Gasteiger partial charge in [0, 0.05) is 6.54 Å². The monoisotopic (exact) mass is 451 g/mol. The van der Waals surface area contributed by atoms with E-state index in [9.17, 15) is 14.7 Å². The molecule has 1 aromatic heterocycles. The van der Waals surface area contributed by atoms with Crippen molar-refractivity contribution < 1.29 is 15.0 Å². The first kappa shape index (κ1) is 24.2. The fraction of sp³-hybridized carbons (Fsp3) is 0.391. The Balaban J connectivity index is 2.27. The number of hydrogen-bond acceptors (Lipinski definition) is 3. The SMILES string of the molecule is CCCCCC(C)(O)/C=C/c1c(Cl)cc(Cl)c(=O)n1CCc1ccc(C(=O)O)cc1.